The molecule has 2 aromatic heterocycles. The average Bonchev–Trinajstić information content (AvgIpc) is 2.97. The second kappa shape index (κ2) is 5.79. The number of benzene rings is 1. The van der Waals surface area contributed by atoms with Crippen LogP contribution in [-0.4, -0.2) is 24.7 Å². The first-order valence-corrected chi connectivity index (χ1v) is 7.24. The van der Waals surface area contributed by atoms with Crippen molar-refractivity contribution in [3.8, 4) is 5.95 Å². The Morgan fingerprint density at radius 2 is 2.05 bits per heavy atom. The maximum absolute atomic E-state index is 5.95. The first kappa shape index (κ1) is 14.0. The summed E-state index contributed by atoms with van der Waals surface area (Å²) in [6, 6.07) is 7.65. The summed E-state index contributed by atoms with van der Waals surface area (Å²) in [5.41, 5.74) is 1.95. The highest BCUT2D eigenvalue weighted by atomic mass is 79.9. The maximum atomic E-state index is 5.95. The van der Waals surface area contributed by atoms with E-state index in [0.29, 0.717) is 11.9 Å². The van der Waals surface area contributed by atoms with Crippen LogP contribution < -0.4 is 5.32 Å². The first-order valence-electron chi connectivity index (χ1n) is 6.07. The minimum absolute atomic E-state index is 0.0989. The minimum atomic E-state index is 0.0989. The lowest BCUT2D eigenvalue weighted by molar-refractivity contribution is 0.798. The topological polar surface area (TPSA) is 68.5 Å². The predicted octanol–water partition coefficient (Wildman–Crippen LogP) is 3.53. The molecule has 21 heavy (non-hydrogen) atoms. The Balaban J connectivity index is 1.98. The quantitative estimate of drug-likeness (QED) is 0.769. The highest BCUT2D eigenvalue weighted by Crippen LogP contribution is 2.27. The molecule has 0 spiro atoms. The van der Waals surface area contributed by atoms with Gasteiger partial charge in [-0.3, -0.25) is 0 Å². The molecule has 0 saturated heterocycles. The molecule has 3 aromatic rings. The summed E-state index contributed by atoms with van der Waals surface area (Å²) < 4.78 is 2.46. The van der Waals surface area contributed by atoms with E-state index in [-0.39, 0.29) is 5.28 Å². The van der Waals surface area contributed by atoms with Gasteiger partial charge in [0.15, 0.2) is 0 Å². The summed E-state index contributed by atoms with van der Waals surface area (Å²) in [5, 5.41) is 7.30. The van der Waals surface area contributed by atoms with Gasteiger partial charge in [-0.15, -0.1) is 0 Å². The van der Waals surface area contributed by atoms with E-state index in [0.717, 1.165) is 15.7 Å². The van der Waals surface area contributed by atoms with Gasteiger partial charge in [-0.2, -0.15) is 20.1 Å². The number of nitrogens with zero attached hydrogens (tertiary/aromatic N) is 5. The summed E-state index contributed by atoms with van der Waals surface area (Å²) in [4.78, 5) is 12.4. The molecule has 3 rings (SSSR count). The van der Waals surface area contributed by atoms with Crippen LogP contribution in [0.3, 0.4) is 0 Å². The Morgan fingerprint density at radius 3 is 2.81 bits per heavy atom. The maximum Gasteiger partial charge on any atom is 0.256 e. The van der Waals surface area contributed by atoms with Crippen molar-refractivity contribution < 1.29 is 0 Å². The van der Waals surface area contributed by atoms with Crippen LogP contribution in [0.5, 0.6) is 0 Å². The molecular weight excluding hydrogens is 356 g/mol. The smallest absolute Gasteiger partial charge is 0.256 e. The van der Waals surface area contributed by atoms with Gasteiger partial charge in [-0.25, -0.2) is 4.68 Å². The molecular formula is C13H10BrClN6. The van der Waals surface area contributed by atoms with E-state index < -0.39 is 0 Å². The molecule has 0 aliphatic carbocycles. The van der Waals surface area contributed by atoms with E-state index in [1.165, 1.54) is 4.68 Å². The zero-order chi connectivity index (χ0) is 14.8. The molecule has 106 valence electrons. The van der Waals surface area contributed by atoms with E-state index in [4.69, 9.17) is 11.6 Å². The van der Waals surface area contributed by atoms with Crippen LogP contribution in [0, 0.1) is 6.92 Å². The van der Waals surface area contributed by atoms with Crippen LogP contribution in [0.4, 0.5) is 11.6 Å². The number of aromatic nitrogens is 5. The monoisotopic (exact) mass is 364 g/mol. The van der Waals surface area contributed by atoms with Gasteiger partial charge in [0.05, 0.1) is 5.69 Å². The minimum Gasteiger partial charge on any atom is -0.323 e. The van der Waals surface area contributed by atoms with Gasteiger partial charge >= 0.3 is 0 Å². The number of hydrogen-bond acceptors (Lipinski definition) is 5. The number of hydrogen-bond donors (Lipinski definition) is 1. The SMILES string of the molecule is Cc1cccc(Nc2nc(Cl)nc(-n3cccn3)n2)c1Br. The van der Waals surface area contributed by atoms with Crippen molar-refractivity contribution in [3.05, 3.63) is 52.0 Å². The van der Waals surface area contributed by atoms with Gasteiger partial charge in [0.2, 0.25) is 11.2 Å². The largest absolute Gasteiger partial charge is 0.323 e. The van der Waals surface area contributed by atoms with Crippen LogP contribution >= 0.6 is 27.5 Å². The third-order valence-electron chi connectivity index (χ3n) is 2.74. The first-order chi connectivity index (χ1) is 10.1. The van der Waals surface area contributed by atoms with E-state index in [1.807, 2.05) is 25.1 Å². The number of rotatable bonds is 3. The molecule has 0 aliphatic heterocycles. The normalized spacial score (nSPS) is 10.6. The molecule has 2 heterocycles. The average molecular weight is 366 g/mol. The van der Waals surface area contributed by atoms with Crippen LogP contribution in [0.1, 0.15) is 5.56 Å². The molecule has 8 heteroatoms. The molecule has 0 atom stereocenters. The van der Waals surface area contributed by atoms with Gasteiger partial charge < -0.3 is 5.32 Å². The standard InChI is InChI=1S/C13H10BrClN6/c1-8-4-2-5-9(10(8)14)17-12-18-11(15)19-13(20-12)21-7-3-6-16-21/h2-7H,1H3,(H,17,18,19,20). The Labute approximate surface area is 134 Å². The van der Waals surface area contributed by atoms with Crippen molar-refractivity contribution in [1.29, 1.82) is 0 Å². The van der Waals surface area contributed by atoms with Crippen LogP contribution in [0.15, 0.2) is 41.1 Å². The van der Waals surface area contributed by atoms with Gasteiger partial charge in [0.25, 0.3) is 5.95 Å². The molecule has 1 N–H and O–H groups in total. The molecule has 0 aliphatic rings. The Bertz CT molecular complexity index is 774. The summed E-state index contributed by atoms with van der Waals surface area (Å²) in [6.07, 6.45) is 3.37. The number of nitrogens with one attached hydrogen (secondary N) is 1. The fourth-order valence-corrected chi connectivity index (χ4v) is 2.27. The van der Waals surface area contributed by atoms with Gasteiger partial charge in [0, 0.05) is 16.9 Å². The van der Waals surface area contributed by atoms with E-state index in [9.17, 15) is 0 Å². The zero-order valence-electron chi connectivity index (χ0n) is 11.0. The third-order valence-corrected chi connectivity index (χ3v) is 3.97. The van der Waals surface area contributed by atoms with Crippen LogP contribution in [0.25, 0.3) is 5.95 Å². The third kappa shape index (κ3) is 3.03. The van der Waals surface area contributed by atoms with Gasteiger partial charge in [-0.1, -0.05) is 12.1 Å². The fourth-order valence-electron chi connectivity index (χ4n) is 1.75. The second-order valence-electron chi connectivity index (χ2n) is 4.24. The van der Waals surface area contributed by atoms with E-state index in [1.54, 1.807) is 18.5 Å². The van der Waals surface area contributed by atoms with E-state index in [2.05, 4.69) is 41.3 Å². The van der Waals surface area contributed by atoms with Crippen molar-refractivity contribution in [3.63, 3.8) is 0 Å². The van der Waals surface area contributed by atoms with Crippen molar-refractivity contribution in [2.24, 2.45) is 0 Å². The summed E-state index contributed by atoms with van der Waals surface area (Å²) in [6.45, 7) is 2.00. The Kier molecular flexibility index (Phi) is 3.85. The lowest BCUT2D eigenvalue weighted by Crippen LogP contribution is -2.07. The fraction of sp³-hybridized carbons (Fsp3) is 0.0769. The number of halogens is 2. The predicted molar refractivity (Wildman–Crippen MR) is 84.1 cm³/mol. The van der Waals surface area contributed by atoms with Crippen LogP contribution in [0.2, 0.25) is 5.28 Å². The second-order valence-corrected chi connectivity index (χ2v) is 5.37. The van der Waals surface area contributed by atoms with Gasteiger partial charge in [0.1, 0.15) is 0 Å². The highest BCUT2D eigenvalue weighted by molar-refractivity contribution is 9.10. The lowest BCUT2D eigenvalue weighted by atomic mass is 10.2. The zero-order valence-corrected chi connectivity index (χ0v) is 13.3. The van der Waals surface area contributed by atoms with Crippen LogP contribution in [-0.2, 0) is 0 Å². The number of aryl methyl sites for hydroxylation is 1. The Morgan fingerprint density at radius 1 is 1.19 bits per heavy atom. The molecule has 6 nitrogen and oxygen atoms in total. The molecule has 0 fully saturated rings. The Hall–Kier alpha value is -1.99. The number of anilines is 2. The highest BCUT2D eigenvalue weighted by Gasteiger charge is 2.09. The van der Waals surface area contributed by atoms with Gasteiger partial charge in [-0.05, 0) is 52.2 Å². The van der Waals surface area contributed by atoms with Crippen molar-refractivity contribution in [1.82, 2.24) is 24.7 Å². The molecule has 0 unspecified atom stereocenters. The van der Waals surface area contributed by atoms with Crippen molar-refractivity contribution in [2.45, 2.75) is 6.92 Å². The van der Waals surface area contributed by atoms with Crippen molar-refractivity contribution >= 4 is 39.2 Å². The summed E-state index contributed by atoms with van der Waals surface area (Å²) in [5.74, 6) is 0.707. The molecule has 0 bridgehead atoms. The summed E-state index contributed by atoms with van der Waals surface area (Å²) >= 11 is 9.48. The molecule has 0 saturated carbocycles. The molecule has 0 radical (unpaired) electrons. The molecule has 0 amide bonds. The molecule has 1 aromatic carbocycles. The lowest BCUT2D eigenvalue weighted by Gasteiger charge is -2.09. The van der Waals surface area contributed by atoms with E-state index >= 15 is 0 Å². The summed E-state index contributed by atoms with van der Waals surface area (Å²) in [7, 11) is 0. The van der Waals surface area contributed by atoms with Crippen molar-refractivity contribution in [2.75, 3.05) is 5.32 Å².